The number of aromatic nitrogens is 5. The molecule has 8 heteroatoms. The third-order valence-electron chi connectivity index (χ3n) is 3.67. The van der Waals surface area contributed by atoms with Crippen molar-refractivity contribution in [1.29, 1.82) is 0 Å². The Kier molecular flexibility index (Phi) is 4.54. The Morgan fingerprint density at radius 1 is 1.43 bits per heavy atom. The van der Waals surface area contributed by atoms with Crippen molar-refractivity contribution < 1.29 is 4.52 Å². The van der Waals surface area contributed by atoms with E-state index in [2.05, 4.69) is 30.2 Å². The van der Waals surface area contributed by atoms with Gasteiger partial charge in [-0.1, -0.05) is 23.8 Å². The first-order chi connectivity index (χ1) is 10.3. The predicted octanol–water partition coefficient (Wildman–Crippen LogP) is 1.52. The van der Waals surface area contributed by atoms with Crippen LogP contribution in [0.1, 0.15) is 43.2 Å². The third kappa shape index (κ3) is 3.26. The number of aryl methyl sites for hydroxylation is 1. The minimum atomic E-state index is 0.461. The van der Waals surface area contributed by atoms with Crippen molar-refractivity contribution in [2.24, 2.45) is 7.05 Å². The monoisotopic (exact) mass is 308 g/mol. The van der Waals surface area contributed by atoms with E-state index in [9.17, 15) is 0 Å². The predicted molar refractivity (Wildman–Crippen MR) is 79.1 cm³/mol. The third-order valence-corrected chi connectivity index (χ3v) is 4.69. The summed E-state index contributed by atoms with van der Waals surface area (Å²) in [6.45, 7) is 4.09. The van der Waals surface area contributed by atoms with Crippen molar-refractivity contribution >= 4 is 11.8 Å². The molecule has 1 unspecified atom stereocenters. The van der Waals surface area contributed by atoms with Gasteiger partial charge in [-0.05, 0) is 19.4 Å². The highest BCUT2D eigenvalue weighted by Crippen LogP contribution is 2.26. The van der Waals surface area contributed by atoms with Crippen LogP contribution in [0.25, 0.3) is 0 Å². The number of hydrogen-bond donors (Lipinski definition) is 1. The van der Waals surface area contributed by atoms with E-state index >= 15 is 0 Å². The number of nitrogens with zero attached hydrogens (tertiary/aromatic N) is 5. The zero-order valence-corrected chi connectivity index (χ0v) is 13.2. The van der Waals surface area contributed by atoms with Crippen LogP contribution in [-0.2, 0) is 19.2 Å². The van der Waals surface area contributed by atoms with Gasteiger partial charge in [0.2, 0.25) is 5.89 Å². The van der Waals surface area contributed by atoms with Gasteiger partial charge in [0.05, 0.1) is 5.75 Å². The lowest BCUT2D eigenvalue weighted by molar-refractivity contribution is 0.378. The van der Waals surface area contributed by atoms with Crippen LogP contribution in [-0.4, -0.2) is 38.0 Å². The average Bonchev–Trinajstić information content (AvgIpc) is 3.13. The summed E-state index contributed by atoms with van der Waals surface area (Å²) in [7, 11) is 2.03. The molecule has 1 aliphatic heterocycles. The fraction of sp³-hybridized carbons (Fsp3) is 0.692. The molecule has 0 radical (unpaired) electrons. The highest BCUT2D eigenvalue weighted by molar-refractivity contribution is 7.98. The molecular formula is C13H20N6OS. The molecule has 1 saturated heterocycles. The van der Waals surface area contributed by atoms with Gasteiger partial charge in [0.15, 0.2) is 11.0 Å². The zero-order valence-electron chi connectivity index (χ0n) is 12.4. The summed E-state index contributed by atoms with van der Waals surface area (Å²) >= 11 is 1.59. The summed E-state index contributed by atoms with van der Waals surface area (Å²) in [5.41, 5.74) is 0. The SMILES string of the molecule is CCc1nc(CSc2nnc(C3CCCNC3)n2C)no1. The largest absolute Gasteiger partial charge is 0.339 e. The summed E-state index contributed by atoms with van der Waals surface area (Å²) in [6.07, 6.45) is 3.14. The second-order valence-electron chi connectivity index (χ2n) is 5.19. The molecule has 0 spiro atoms. The highest BCUT2D eigenvalue weighted by Gasteiger charge is 2.21. The second kappa shape index (κ2) is 6.57. The maximum atomic E-state index is 5.11. The van der Waals surface area contributed by atoms with Crippen LogP contribution in [0.3, 0.4) is 0 Å². The minimum Gasteiger partial charge on any atom is -0.339 e. The van der Waals surface area contributed by atoms with E-state index in [1.54, 1.807) is 11.8 Å². The minimum absolute atomic E-state index is 0.461. The van der Waals surface area contributed by atoms with Gasteiger partial charge in [-0.2, -0.15) is 4.98 Å². The summed E-state index contributed by atoms with van der Waals surface area (Å²) in [6, 6.07) is 0. The Balaban J connectivity index is 1.64. The Hall–Kier alpha value is -1.41. The number of nitrogens with one attached hydrogen (secondary N) is 1. The van der Waals surface area contributed by atoms with Crippen molar-refractivity contribution in [2.45, 2.75) is 43.0 Å². The summed E-state index contributed by atoms with van der Waals surface area (Å²) in [4.78, 5) is 4.30. The van der Waals surface area contributed by atoms with Crippen LogP contribution in [0, 0.1) is 0 Å². The van der Waals surface area contributed by atoms with E-state index in [-0.39, 0.29) is 0 Å². The van der Waals surface area contributed by atoms with Gasteiger partial charge in [0.25, 0.3) is 0 Å². The van der Waals surface area contributed by atoms with E-state index in [0.717, 1.165) is 30.5 Å². The van der Waals surface area contributed by atoms with Gasteiger partial charge in [-0.3, -0.25) is 0 Å². The Morgan fingerprint density at radius 3 is 3.05 bits per heavy atom. The van der Waals surface area contributed by atoms with Crippen molar-refractivity contribution in [1.82, 2.24) is 30.2 Å². The normalized spacial score (nSPS) is 19.0. The van der Waals surface area contributed by atoms with Crippen molar-refractivity contribution in [2.75, 3.05) is 13.1 Å². The van der Waals surface area contributed by atoms with Gasteiger partial charge in [0, 0.05) is 25.9 Å². The molecule has 0 amide bonds. The topological polar surface area (TPSA) is 81.7 Å². The molecular weight excluding hydrogens is 288 g/mol. The molecule has 114 valence electrons. The highest BCUT2D eigenvalue weighted by atomic mass is 32.2. The first-order valence-electron chi connectivity index (χ1n) is 7.32. The smallest absolute Gasteiger partial charge is 0.226 e. The molecule has 1 fully saturated rings. The molecule has 3 rings (SSSR count). The Morgan fingerprint density at radius 2 is 2.33 bits per heavy atom. The van der Waals surface area contributed by atoms with E-state index < -0.39 is 0 Å². The first-order valence-corrected chi connectivity index (χ1v) is 8.30. The number of thioether (sulfide) groups is 1. The fourth-order valence-corrected chi connectivity index (χ4v) is 3.26. The van der Waals surface area contributed by atoms with E-state index in [1.165, 1.54) is 12.8 Å². The molecule has 3 heterocycles. The molecule has 0 aromatic carbocycles. The van der Waals surface area contributed by atoms with Crippen LogP contribution >= 0.6 is 11.8 Å². The molecule has 1 aliphatic rings. The molecule has 7 nitrogen and oxygen atoms in total. The molecule has 21 heavy (non-hydrogen) atoms. The molecule has 0 saturated carbocycles. The standard InChI is InChI=1S/C13H20N6OS/c1-3-11-15-10(18-20-11)8-21-13-17-16-12(19(13)2)9-5-4-6-14-7-9/h9,14H,3-8H2,1-2H3. The zero-order chi connectivity index (χ0) is 14.7. The van der Waals surface area contributed by atoms with Gasteiger partial charge >= 0.3 is 0 Å². The Labute approximate surface area is 127 Å². The van der Waals surface area contributed by atoms with Crippen molar-refractivity contribution in [3.63, 3.8) is 0 Å². The van der Waals surface area contributed by atoms with Crippen LogP contribution in [0.4, 0.5) is 0 Å². The number of hydrogen-bond acceptors (Lipinski definition) is 7. The lowest BCUT2D eigenvalue weighted by atomic mass is 9.99. The van der Waals surface area contributed by atoms with Crippen LogP contribution in [0.15, 0.2) is 9.68 Å². The lowest BCUT2D eigenvalue weighted by Crippen LogP contribution is -2.29. The molecule has 1 atom stereocenters. The Bertz CT molecular complexity index is 589. The summed E-state index contributed by atoms with van der Waals surface area (Å²) in [5.74, 6) is 3.56. The van der Waals surface area contributed by atoms with Gasteiger partial charge in [-0.15, -0.1) is 10.2 Å². The maximum Gasteiger partial charge on any atom is 0.226 e. The van der Waals surface area contributed by atoms with E-state index in [1.807, 2.05) is 14.0 Å². The van der Waals surface area contributed by atoms with Crippen LogP contribution in [0.2, 0.25) is 0 Å². The van der Waals surface area contributed by atoms with Crippen molar-refractivity contribution in [3.05, 3.63) is 17.5 Å². The average molecular weight is 308 g/mol. The quantitative estimate of drug-likeness (QED) is 0.839. The van der Waals surface area contributed by atoms with Crippen LogP contribution < -0.4 is 5.32 Å². The molecule has 1 N–H and O–H groups in total. The first kappa shape index (κ1) is 14.5. The summed E-state index contributed by atoms with van der Waals surface area (Å²) in [5, 5.41) is 16.9. The number of rotatable bonds is 5. The molecule has 0 aliphatic carbocycles. The van der Waals surface area contributed by atoms with E-state index in [4.69, 9.17) is 4.52 Å². The van der Waals surface area contributed by atoms with Gasteiger partial charge < -0.3 is 14.4 Å². The van der Waals surface area contributed by atoms with Gasteiger partial charge in [-0.25, -0.2) is 0 Å². The molecule has 2 aromatic heterocycles. The number of piperidine rings is 1. The molecule has 2 aromatic rings. The molecule has 0 bridgehead atoms. The maximum absolute atomic E-state index is 5.11. The van der Waals surface area contributed by atoms with Crippen molar-refractivity contribution in [3.8, 4) is 0 Å². The summed E-state index contributed by atoms with van der Waals surface area (Å²) < 4.78 is 7.19. The van der Waals surface area contributed by atoms with Gasteiger partial charge in [0.1, 0.15) is 5.82 Å². The second-order valence-corrected chi connectivity index (χ2v) is 6.13. The lowest BCUT2D eigenvalue weighted by Gasteiger charge is -2.21. The van der Waals surface area contributed by atoms with Crippen LogP contribution in [0.5, 0.6) is 0 Å². The van der Waals surface area contributed by atoms with E-state index in [0.29, 0.717) is 23.4 Å². The fourth-order valence-electron chi connectivity index (χ4n) is 2.50.